The van der Waals surface area contributed by atoms with Gasteiger partial charge in [-0.15, -0.1) is 0 Å². The first-order chi connectivity index (χ1) is 8.47. The summed E-state index contributed by atoms with van der Waals surface area (Å²) in [6, 6.07) is 5.88. The minimum atomic E-state index is 0.103. The quantitative estimate of drug-likeness (QED) is 0.761. The zero-order valence-electron chi connectivity index (χ0n) is 11.1. The van der Waals surface area contributed by atoms with Gasteiger partial charge in [-0.1, -0.05) is 29.3 Å². The predicted octanol–water partition coefficient (Wildman–Crippen LogP) is 3.41. The van der Waals surface area contributed by atoms with Crippen molar-refractivity contribution in [1.29, 1.82) is 0 Å². The molecule has 0 heterocycles. The first kappa shape index (κ1) is 12.7. The monoisotopic (exact) mass is 242 g/mol. The zero-order valence-corrected chi connectivity index (χ0v) is 11.1. The lowest BCUT2D eigenvalue weighted by atomic mass is 9.91. The number of allylic oxidation sites excluding steroid dienone is 2. The number of Topliss-reactive ketones (excluding diaryl/α,β-unsaturated/α-hetero) is 1. The Bertz CT molecular complexity index is 538. The molecule has 0 saturated heterocycles. The lowest BCUT2D eigenvalue weighted by Crippen LogP contribution is -2.10. The minimum Gasteiger partial charge on any atom is -0.295 e. The Morgan fingerprint density at radius 2 is 2.00 bits per heavy atom. The molecule has 0 amide bonds. The summed E-state index contributed by atoms with van der Waals surface area (Å²) in [4.78, 5) is 23.6. The van der Waals surface area contributed by atoms with Crippen LogP contribution in [0.2, 0.25) is 0 Å². The molecule has 1 aromatic carbocycles. The molecule has 0 saturated carbocycles. The third kappa shape index (κ3) is 2.58. The highest BCUT2D eigenvalue weighted by molar-refractivity contribution is 5.99. The highest BCUT2D eigenvalue weighted by atomic mass is 16.1. The van der Waals surface area contributed by atoms with Gasteiger partial charge in [0.2, 0.25) is 0 Å². The Kier molecular flexibility index (Phi) is 3.46. The van der Waals surface area contributed by atoms with E-state index in [0.29, 0.717) is 12.8 Å². The van der Waals surface area contributed by atoms with Crippen LogP contribution in [-0.2, 0) is 4.79 Å². The highest BCUT2D eigenvalue weighted by Crippen LogP contribution is 2.28. The lowest BCUT2D eigenvalue weighted by molar-refractivity contribution is -0.114. The van der Waals surface area contributed by atoms with Crippen LogP contribution >= 0.6 is 0 Å². The topological polar surface area (TPSA) is 34.1 Å². The van der Waals surface area contributed by atoms with Gasteiger partial charge in [-0.3, -0.25) is 9.59 Å². The standard InChI is InChI=1S/C16H18O2/c1-10-4-5-15(12(3)6-10)16(18)9-13-8-14(17)7-11(13)2/h4-7,13H,8-9H2,1-3H3/t13-/m1/s1. The molecular formula is C16H18O2. The van der Waals surface area contributed by atoms with Crippen molar-refractivity contribution in [3.63, 3.8) is 0 Å². The summed E-state index contributed by atoms with van der Waals surface area (Å²) in [7, 11) is 0. The number of hydrogen-bond donors (Lipinski definition) is 0. The van der Waals surface area contributed by atoms with E-state index in [0.717, 1.165) is 22.3 Å². The average Bonchev–Trinajstić information content (AvgIpc) is 2.57. The Hall–Kier alpha value is -1.70. The van der Waals surface area contributed by atoms with Crippen molar-refractivity contribution in [3.05, 3.63) is 46.5 Å². The number of carbonyl (C=O) groups is 2. The summed E-state index contributed by atoms with van der Waals surface area (Å²) in [5.41, 5.74) is 4.01. The molecule has 1 aliphatic carbocycles. The van der Waals surface area contributed by atoms with Crippen LogP contribution < -0.4 is 0 Å². The van der Waals surface area contributed by atoms with Crippen LogP contribution in [0.5, 0.6) is 0 Å². The van der Waals surface area contributed by atoms with E-state index in [4.69, 9.17) is 0 Å². The minimum absolute atomic E-state index is 0.103. The van der Waals surface area contributed by atoms with Crippen molar-refractivity contribution < 1.29 is 9.59 Å². The van der Waals surface area contributed by atoms with Crippen molar-refractivity contribution in [2.24, 2.45) is 5.92 Å². The van der Waals surface area contributed by atoms with E-state index in [2.05, 4.69) is 0 Å². The molecule has 0 radical (unpaired) electrons. The van der Waals surface area contributed by atoms with Crippen molar-refractivity contribution in [2.45, 2.75) is 33.6 Å². The summed E-state index contributed by atoms with van der Waals surface area (Å²) in [6.07, 6.45) is 2.60. The number of aryl methyl sites for hydroxylation is 2. The molecule has 18 heavy (non-hydrogen) atoms. The Labute approximate surface area is 108 Å². The average molecular weight is 242 g/mol. The first-order valence-corrected chi connectivity index (χ1v) is 6.29. The number of hydrogen-bond acceptors (Lipinski definition) is 2. The normalized spacial score (nSPS) is 18.9. The summed E-state index contributed by atoms with van der Waals surface area (Å²) in [6.45, 7) is 5.91. The second-order valence-electron chi connectivity index (χ2n) is 5.20. The van der Waals surface area contributed by atoms with Crippen LogP contribution in [0.4, 0.5) is 0 Å². The maximum absolute atomic E-state index is 12.2. The van der Waals surface area contributed by atoms with Crippen molar-refractivity contribution in [3.8, 4) is 0 Å². The van der Waals surface area contributed by atoms with Crippen molar-refractivity contribution in [1.82, 2.24) is 0 Å². The SMILES string of the molecule is CC1=CC(=O)C[C@@H]1CC(=O)c1ccc(C)cc1C. The Morgan fingerprint density at radius 1 is 1.28 bits per heavy atom. The van der Waals surface area contributed by atoms with Crippen LogP contribution in [0.1, 0.15) is 41.3 Å². The molecule has 0 spiro atoms. The van der Waals surface area contributed by atoms with Gasteiger partial charge in [-0.2, -0.15) is 0 Å². The van der Waals surface area contributed by atoms with E-state index in [-0.39, 0.29) is 17.5 Å². The first-order valence-electron chi connectivity index (χ1n) is 6.29. The van der Waals surface area contributed by atoms with Crippen molar-refractivity contribution in [2.75, 3.05) is 0 Å². The zero-order chi connectivity index (χ0) is 13.3. The number of ketones is 2. The molecule has 1 atom stereocenters. The molecule has 0 unspecified atom stereocenters. The molecule has 0 aliphatic heterocycles. The van der Waals surface area contributed by atoms with Gasteiger partial charge in [0, 0.05) is 18.4 Å². The number of carbonyl (C=O) groups excluding carboxylic acids is 2. The molecule has 1 aromatic rings. The fourth-order valence-corrected chi connectivity index (χ4v) is 2.53. The molecule has 0 N–H and O–H groups in total. The predicted molar refractivity (Wildman–Crippen MR) is 71.7 cm³/mol. The smallest absolute Gasteiger partial charge is 0.163 e. The van der Waals surface area contributed by atoms with E-state index < -0.39 is 0 Å². The number of benzene rings is 1. The van der Waals surface area contributed by atoms with Gasteiger partial charge in [0.05, 0.1) is 0 Å². The third-order valence-electron chi connectivity index (χ3n) is 3.59. The van der Waals surface area contributed by atoms with E-state index in [1.807, 2.05) is 39.0 Å². The summed E-state index contributed by atoms with van der Waals surface area (Å²) in [5.74, 6) is 0.386. The van der Waals surface area contributed by atoms with Gasteiger partial charge in [0.25, 0.3) is 0 Å². The molecule has 2 heteroatoms. The summed E-state index contributed by atoms with van der Waals surface area (Å²) in [5, 5.41) is 0. The molecule has 2 nitrogen and oxygen atoms in total. The fraction of sp³-hybridized carbons (Fsp3) is 0.375. The van der Waals surface area contributed by atoms with E-state index in [1.54, 1.807) is 6.08 Å². The second kappa shape index (κ2) is 4.89. The highest BCUT2D eigenvalue weighted by Gasteiger charge is 2.25. The van der Waals surface area contributed by atoms with E-state index in [9.17, 15) is 9.59 Å². The van der Waals surface area contributed by atoms with Crippen LogP contribution in [0.15, 0.2) is 29.8 Å². The van der Waals surface area contributed by atoms with Crippen LogP contribution in [-0.4, -0.2) is 11.6 Å². The van der Waals surface area contributed by atoms with Gasteiger partial charge in [0.1, 0.15) is 0 Å². The largest absolute Gasteiger partial charge is 0.295 e. The van der Waals surface area contributed by atoms with Gasteiger partial charge >= 0.3 is 0 Å². The fourth-order valence-electron chi connectivity index (χ4n) is 2.53. The van der Waals surface area contributed by atoms with Crippen LogP contribution in [0, 0.1) is 19.8 Å². The second-order valence-corrected chi connectivity index (χ2v) is 5.20. The molecule has 1 aliphatic rings. The maximum Gasteiger partial charge on any atom is 0.163 e. The third-order valence-corrected chi connectivity index (χ3v) is 3.59. The Morgan fingerprint density at radius 3 is 2.56 bits per heavy atom. The van der Waals surface area contributed by atoms with Gasteiger partial charge < -0.3 is 0 Å². The maximum atomic E-state index is 12.2. The molecule has 0 aromatic heterocycles. The molecular weight excluding hydrogens is 224 g/mol. The van der Waals surface area contributed by atoms with Crippen LogP contribution in [0.3, 0.4) is 0 Å². The van der Waals surface area contributed by atoms with E-state index >= 15 is 0 Å². The summed E-state index contributed by atoms with van der Waals surface area (Å²) >= 11 is 0. The summed E-state index contributed by atoms with van der Waals surface area (Å²) < 4.78 is 0. The van der Waals surface area contributed by atoms with Gasteiger partial charge in [-0.25, -0.2) is 0 Å². The molecule has 0 fully saturated rings. The molecule has 94 valence electrons. The molecule has 0 bridgehead atoms. The Balaban J connectivity index is 2.13. The van der Waals surface area contributed by atoms with Gasteiger partial charge in [-0.05, 0) is 38.3 Å². The molecule has 2 rings (SSSR count). The lowest BCUT2D eigenvalue weighted by Gasteiger charge is -2.11. The van der Waals surface area contributed by atoms with E-state index in [1.165, 1.54) is 0 Å². The number of rotatable bonds is 3. The van der Waals surface area contributed by atoms with Gasteiger partial charge in [0.15, 0.2) is 11.6 Å². The van der Waals surface area contributed by atoms with Crippen molar-refractivity contribution >= 4 is 11.6 Å². The van der Waals surface area contributed by atoms with Crippen LogP contribution in [0.25, 0.3) is 0 Å².